The Bertz CT molecular complexity index is 839. The van der Waals surface area contributed by atoms with E-state index in [1.165, 1.54) is 11.8 Å². The van der Waals surface area contributed by atoms with Gasteiger partial charge in [-0.25, -0.2) is 4.98 Å². The smallest absolute Gasteiger partial charge is 0.197 e. The Labute approximate surface area is 125 Å². The number of nitrogens with zero attached hydrogens (tertiary/aromatic N) is 4. The van der Waals surface area contributed by atoms with E-state index >= 15 is 0 Å². The molecule has 0 saturated heterocycles. The molecule has 0 unspecified atom stereocenters. The number of nitrogens with two attached hydrogens (primary N) is 1. The van der Waals surface area contributed by atoms with E-state index in [0.29, 0.717) is 5.56 Å². The second kappa shape index (κ2) is 5.17. The monoisotopic (exact) mass is 298 g/mol. The zero-order chi connectivity index (χ0) is 15.0. The van der Waals surface area contributed by atoms with E-state index in [-0.39, 0.29) is 5.84 Å². The SMILES string of the molecule is Cc1nnc(Sc2cc(C(=N)N)c3ccccc3n2)n1C. The van der Waals surface area contributed by atoms with Crippen molar-refractivity contribution in [1.82, 2.24) is 19.7 Å². The summed E-state index contributed by atoms with van der Waals surface area (Å²) >= 11 is 1.41. The molecular formula is C14H14N6S. The van der Waals surface area contributed by atoms with Gasteiger partial charge in [0.05, 0.1) is 5.52 Å². The molecule has 3 N–H and O–H groups in total. The molecule has 0 aliphatic carbocycles. The predicted molar refractivity (Wildman–Crippen MR) is 82.6 cm³/mol. The van der Waals surface area contributed by atoms with Crippen LogP contribution >= 0.6 is 11.8 Å². The Balaban J connectivity index is 2.11. The van der Waals surface area contributed by atoms with Crippen LogP contribution in [0.2, 0.25) is 0 Å². The molecule has 106 valence electrons. The van der Waals surface area contributed by atoms with Crippen molar-refractivity contribution in [3.05, 3.63) is 41.7 Å². The lowest BCUT2D eigenvalue weighted by molar-refractivity contribution is 0.764. The Hall–Kier alpha value is -2.41. The summed E-state index contributed by atoms with van der Waals surface area (Å²) in [5.74, 6) is 0.870. The Kier molecular flexibility index (Phi) is 3.34. The van der Waals surface area contributed by atoms with Crippen LogP contribution in [0, 0.1) is 12.3 Å². The highest BCUT2D eigenvalue weighted by atomic mass is 32.2. The molecular weight excluding hydrogens is 284 g/mol. The lowest BCUT2D eigenvalue weighted by atomic mass is 10.1. The predicted octanol–water partition coefficient (Wildman–Crippen LogP) is 2.11. The van der Waals surface area contributed by atoms with Crippen LogP contribution in [0.15, 0.2) is 40.5 Å². The van der Waals surface area contributed by atoms with Crippen LogP contribution in [0.4, 0.5) is 0 Å². The quantitative estimate of drug-likeness (QED) is 0.570. The number of aromatic nitrogens is 4. The standard InChI is InChI=1S/C14H14N6S/c1-8-18-19-14(20(8)2)21-12-7-10(13(15)16)9-5-3-4-6-11(9)17-12/h3-7H,1-2H3,(H3,15,16). The number of hydrogen-bond donors (Lipinski definition) is 2. The lowest BCUT2D eigenvalue weighted by Gasteiger charge is -2.08. The average Bonchev–Trinajstić information content (AvgIpc) is 2.78. The maximum atomic E-state index is 7.75. The van der Waals surface area contributed by atoms with E-state index in [9.17, 15) is 0 Å². The second-order valence-corrected chi connectivity index (χ2v) is 5.62. The first-order valence-corrected chi connectivity index (χ1v) is 7.16. The number of rotatable bonds is 3. The van der Waals surface area contributed by atoms with Gasteiger partial charge < -0.3 is 10.3 Å². The average molecular weight is 298 g/mol. The van der Waals surface area contributed by atoms with Crippen LogP contribution in [0.1, 0.15) is 11.4 Å². The molecule has 0 fully saturated rings. The van der Waals surface area contributed by atoms with Crippen LogP contribution in [-0.2, 0) is 7.05 Å². The summed E-state index contributed by atoms with van der Waals surface area (Å²) in [6.07, 6.45) is 0. The van der Waals surface area contributed by atoms with Crippen molar-refractivity contribution >= 4 is 28.5 Å². The molecule has 0 aliphatic rings. The van der Waals surface area contributed by atoms with E-state index in [2.05, 4.69) is 15.2 Å². The third-order valence-electron chi connectivity index (χ3n) is 3.23. The second-order valence-electron chi connectivity index (χ2n) is 4.63. The van der Waals surface area contributed by atoms with Gasteiger partial charge in [-0.05, 0) is 30.8 Å². The number of amidine groups is 1. The summed E-state index contributed by atoms with van der Waals surface area (Å²) in [5, 5.41) is 18.3. The Morgan fingerprint density at radius 1 is 1.29 bits per heavy atom. The van der Waals surface area contributed by atoms with Crippen LogP contribution < -0.4 is 5.73 Å². The van der Waals surface area contributed by atoms with Gasteiger partial charge in [-0.3, -0.25) is 5.41 Å². The van der Waals surface area contributed by atoms with Gasteiger partial charge in [-0.2, -0.15) is 0 Å². The van der Waals surface area contributed by atoms with Gasteiger partial charge in [-0.1, -0.05) is 18.2 Å². The number of benzene rings is 1. The normalized spacial score (nSPS) is 11.0. The van der Waals surface area contributed by atoms with Gasteiger partial charge in [0.25, 0.3) is 0 Å². The zero-order valence-electron chi connectivity index (χ0n) is 11.7. The summed E-state index contributed by atoms with van der Waals surface area (Å²) in [5.41, 5.74) is 7.18. The minimum Gasteiger partial charge on any atom is -0.384 e. The molecule has 0 radical (unpaired) electrons. The molecule has 0 bridgehead atoms. The minimum atomic E-state index is 0.0320. The molecule has 6 nitrogen and oxygen atoms in total. The highest BCUT2D eigenvalue weighted by Crippen LogP contribution is 2.28. The highest BCUT2D eigenvalue weighted by Gasteiger charge is 2.12. The van der Waals surface area contributed by atoms with Crippen LogP contribution in [0.25, 0.3) is 10.9 Å². The van der Waals surface area contributed by atoms with Gasteiger partial charge >= 0.3 is 0 Å². The number of nitrogens with one attached hydrogen (secondary N) is 1. The first-order chi connectivity index (χ1) is 10.1. The molecule has 0 atom stereocenters. The fraction of sp³-hybridized carbons (Fsp3) is 0.143. The molecule has 7 heteroatoms. The van der Waals surface area contributed by atoms with Crippen LogP contribution in [0.3, 0.4) is 0 Å². The van der Waals surface area contributed by atoms with Gasteiger partial charge in [0.2, 0.25) is 0 Å². The van der Waals surface area contributed by atoms with Crippen molar-refractivity contribution in [2.45, 2.75) is 17.1 Å². The van der Waals surface area contributed by atoms with Crippen molar-refractivity contribution in [1.29, 1.82) is 5.41 Å². The molecule has 2 heterocycles. The van der Waals surface area contributed by atoms with E-state index in [4.69, 9.17) is 11.1 Å². The topological polar surface area (TPSA) is 93.5 Å². The number of pyridine rings is 1. The van der Waals surface area contributed by atoms with E-state index < -0.39 is 0 Å². The maximum Gasteiger partial charge on any atom is 0.197 e. The van der Waals surface area contributed by atoms with Crippen molar-refractivity contribution in [2.75, 3.05) is 0 Å². The Morgan fingerprint density at radius 2 is 2.05 bits per heavy atom. The molecule has 2 aromatic heterocycles. The van der Waals surface area contributed by atoms with Gasteiger partial charge in [0, 0.05) is 18.0 Å². The highest BCUT2D eigenvalue weighted by molar-refractivity contribution is 7.99. The number of aryl methyl sites for hydroxylation is 1. The molecule has 3 aromatic rings. The third kappa shape index (κ3) is 2.47. The van der Waals surface area contributed by atoms with E-state index in [0.717, 1.165) is 26.9 Å². The number of fused-ring (bicyclic) bond motifs is 1. The molecule has 0 aliphatic heterocycles. The lowest BCUT2D eigenvalue weighted by Crippen LogP contribution is -2.12. The summed E-state index contributed by atoms with van der Waals surface area (Å²) < 4.78 is 1.90. The first kappa shape index (κ1) is 13.6. The summed E-state index contributed by atoms with van der Waals surface area (Å²) in [6.45, 7) is 1.89. The van der Waals surface area contributed by atoms with Gasteiger partial charge in [0.1, 0.15) is 16.7 Å². The third-order valence-corrected chi connectivity index (χ3v) is 4.19. The largest absolute Gasteiger partial charge is 0.384 e. The van der Waals surface area contributed by atoms with Crippen molar-refractivity contribution in [3.8, 4) is 0 Å². The molecule has 0 spiro atoms. The van der Waals surface area contributed by atoms with Crippen LogP contribution in [-0.4, -0.2) is 25.6 Å². The fourth-order valence-electron chi connectivity index (χ4n) is 2.00. The summed E-state index contributed by atoms with van der Waals surface area (Å²) in [6, 6.07) is 9.47. The minimum absolute atomic E-state index is 0.0320. The van der Waals surface area contributed by atoms with Gasteiger partial charge in [-0.15, -0.1) is 10.2 Å². The number of para-hydroxylation sites is 1. The maximum absolute atomic E-state index is 7.75. The zero-order valence-corrected chi connectivity index (χ0v) is 12.5. The summed E-state index contributed by atoms with van der Waals surface area (Å²) in [4.78, 5) is 4.59. The van der Waals surface area contributed by atoms with Crippen molar-refractivity contribution in [2.24, 2.45) is 12.8 Å². The van der Waals surface area contributed by atoms with E-state index in [1.807, 2.05) is 48.9 Å². The summed E-state index contributed by atoms with van der Waals surface area (Å²) in [7, 11) is 1.91. The fourth-order valence-corrected chi connectivity index (χ4v) is 2.85. The first-order valence-electron chi connectivity index (χ1n) is 6.34. The molecule has 3 rings (SSSR count). The molecule has 0 amide bonds. The molecule has 1 aromatic carbocycles. The van der Waals surface area contributed by atoms with Crippen LogP contribution in [0.5, 0.6) is 0 Å². The van der Waals surface area contributed by atoms with E-state index in [1.54, 1.807) is 0 Å². The number of nitrogen functional groups attached to an aromatic ring is 1. The molecule has 21 heavy (non-hydrogen) atoms. The Morgan fingerprint density at radius 3 is 2.71 bits per heavy atom. The van der Waals surface area contributed by atoms with Gasteiger partial charge in [0.15, 0.2) is 5.16 Å². The molecule has 0 saturated carbocycles. The van der Waals surface area contributed by atoms with Crippen molar-refractivity contribution in [3.63, 3.8) is 0 Å². The number of hydrogen-bond acceptors (Lipinski definition) is 5. The van der Waals surface area contributed by atoms with Crippen molar-refractivity contribution < 1.29 is 0 Å².